The van der Waals surface area contributed by atoms with Gasteiger partial charge in [-0.25, -0.2) is 4.98 Å². The van der Waals surface area contributed by atoms with Crippen molar-refractivity contribution in [1.29, 1.82) is 0 Å². The SMILES string of the molecule is Cc1cccc2[nH]cc(CC(=O)Nc3nc4c(s3)C(=O)CCC4)c12. The molecule has 122 valence electrons. The summed E-state index contributed by atoms with van der Waals surface area (Å²) in [6.45, 7) is 2.04. The lowest BCUT2D eigenvalue weighted by molar-refractivity contribution is -0.115. The molecule has 2 heterocycles. The Morgan fingerprint density at radius 3 is 3.08 bits per heavy atom. The Balaban J connectivity index is 1.54. The number of aromatic amines is 1. The van der Waals surface area contributed by atoms with Crippen LogP contribution in [0, 0.1) is 6.92 Å². The zero-order valence-electron chi connectivity index (χ0n) is 13.3. The summed E-state index contributed by atoms with van der Waals surface area (Å²) >= 11 is 1.29. The number of ketones is 1. The zero-order valence-corrected chi connectivity index (χ0v) is 14.1. The van der Waals surface area contributed by atoms with Crippen LogP contribution in [0.5, 0.6) is 0 Å². The zero-order chi connectivity index (χ0) is 16.7. The van der Waals surface area contributed by atoms with Crippen LogP contribution in [0.25, 0.3) is 10.9 Å². The smallest absolute Gasteiger partial charge is 0.230 e. The molecule has 1 amide bonds. The number of carbonyl (C=O) groups is 2. The number of aryl methyl sites for hydroxylation is 2. The van der Waals surface area contributed by atoms with Crippen LogP contribution in [0.3, 0.4) is 0 Å². The minimum absolute atomic E-state index is 0.113. The summed E-state index contributed by atoms with van der Waals surface area (Å²) in [6, 6.07) is 6.04. The van der Waals surface area contributed by atoms with Gasteiger partial charge in [0.1, 0.15) is 0 Å². The maximum Gasteiger partial charge on any atom is 0.230 e. The van der Waals surface area contributed by atoms with Crippen molar-refractivity contribution in [2.45, 2.75) is 32.6 Å². The molecule has 3 aromatic rings. The number of carbonyl (C=O) groups excluding carboxylic acids is 2. The molecule has 1 aromatic carbocycles. The van der Waals surface area contributed by atoms with E-state index in [4.69, 9.17) is 0 Å². The van der Waals surface area contributed by atoms with Crippen molar-refractivity contribution in [3.8, 4) is 0 Å². The third-order valence-electron chi connectivity index (χ3n) is 4.36. The Morgan fingerprint density at radius 1 is 1.38 bits per heavy atom. The van der Waals surface area contributed by atoms with E-state index in [2.05, 4.69) is 15.3 Å². The van der Waals surface area contributed by atoms with Gasteiger partial charge < -0.3 is 10.3 Å². The van der Waals surface area contributed by atoms with Crippen molar-refractivity contribution in [2.24, 2.45) is 0 Å². The molecule has 5 nitrogen and oxygen atoms in total. The van der Waals surface area contributed by atoms with Crippen molar-refractivity contribution in [2.75, 3.05) is 5.32 Å². The fraction of sp³-hybridized carbons (Fsp3) is 0.278. The van der Waals surface area contributed by atoms with Gasteiger partial charge in [-0.05, 0) is 37.0 Å². The minimum Gasteiger partial charge on any atom is -0.361 e. The fourth-order valence-electron chi connectivity index (χ4n) is 3.25. The molecule has 0 fully saturated rings. The fourth-order valence-corrected chi connectivity index (χ4v) is 4.25. The molecular formula is C18H17N3O2S. The van der Waals surface area contributed by atoms with E-state index in [0.29, 0.717) is 16.4 Å². The number of hydrogen-bond acceptors (Lipinski definition) is 4. The highest BCUT2D eigenvalue weighted by Crippen LogP contribution is 2.30. The lowest BCUT2D eigenvalue weighted by Gasteiger charge is -2.05. The van der Waals surface area contributed by atoms with E-state index in [0.717, 1.165) is 40.6 Å². The van der Waals surface area contributed by atoms with Crippen LogP contribution in [0.1, 0.15) is 39.3 Å². The number of anilines is 1. The first-order chi connectivity index (χ1) is 11.6. The van der Waals surface area contributed by atoms with Crippen molar-refractivity contribution in [3.05, 3.63) is 46.1 Å². The molecule has 0 saturated heterocycles. The van der Waals surface area contributed by atoms with Crippen molar-refractivity contribution >= 4 is 39.1 Å². The Bertz CT molecular complexity index is 954. The summed E-state index contributed by atoms with van der Waals surface area (Å²) in [5.74, 6) is 0.0270. The number of rotatable bonds is 3. The lowest BCUT2D eigenvalue weighted by Crippen LogP contribution is -2.14. The summed E-state index contributed by atoms with van der Waals surface area (Å²) in [5, 5.41) is 4.47. The van der Waals surface area contributed by atoms with Crippen LogP contribution in [0.4, 0.5) is 5.13 Å². The lowest BCUT2D eigenvalue weighted by atomic mass is 10.0. The number of hydrogen-bond donors (Lipinski definition) is 2. The quantitative estimate of drug-likeness (QED) is 0.765. The summed E-state index contributed by atoms with van der Waals surface area (Å²) in [7, 11) is 0. The molecule has 24 heavy (non-hydrogen) atoms. The van der Waals surface area contributed by atoms with Gasteiger partial charge in [-0.2, -0.15) is 0 Å². The number of H-pyrrole nitrogens is 1. The van der Waals surface area contributed by atoms with Crippen molar-refractivity contribution in [3.63, 3.8) is 0 Å². The number of nitrogens with one attached hydrogen (secondary N) is 2. The van der Waals surface area contributed by atoms with E-state index in [9.17, 15) is 9.59 Å². The number of Topliss-reactive ketones (excluding diaryl/α,β-unsaturated/α-hetero) is 1. The van der Waals surface area contributed by atoms with Crippen molar-refractivity contribution in [1.82, 2.24) is 9.97 Å². The maximum absolute atomic E-state index is 12.4. The largest absolute Gasteiger partial charge is 0.361 e. The second-order valence-corrected chi connectivity index (χ2v) is 7.11. The third kappa shape index (κ3) is 2.63. The van der Waals surface area contributed by atoms with Crippen LogP contribution >= 0.6 is 11.3 Å². The van der Waals surface area contributed by atoms with E-state index in [1.54, 1.807) is 0 Å². The highest BCUT2D eigenvalue weighted by atomic mass is 32.1. The van der Waals surface area contributed by atoms with Gasteiger partial charge in [0, 0.05) is 23.5 Å². The van der Waals surface area contributed by atoms with E-state index in [1.807, 2.05) is 31.3 Å². The normalized spacial score (nSPS) is 14.0. The number of fused-ring (bicyclic) bond motifs is 2. The van der Waals surface area contributed by atoms with Crippen LogP contribution in [0.2, 0.25) is 0 Å². The molecule has 0 spiro atoms. The standard InChI is InChI=1S/C18H17N3O2S/c1-10-4-2-5-12-16(10)11(9-19-12)8-15(23)21-18-20-13-6-3-7-14(22)17(13)24-18/h2,4-5,9,19H,3,6-8H2,1H3,(H,20,21,23). The molecular weight excluding hydrogens is 322 g/mol. The summed E-state index contributed by atoms with van der Waals surface area (Å²) in [5.41, 5.74) is 3.98. The molecule has 2 aromatic heterocycles. The molecule has 4 rings (SSSR count). The first-order valence-corrected chi connectivity index (χ1v) is 8.82. The van der Waals surface area contributed by atoms with Gasteiger partial charge in [-0.3, -0.25) is 9.59 Å². The molecule has 2 N–H and O–H groups in total. The van der Waals surface area contributed by atoms with E-state index in [1.165, 1.54) is 11.3 Å². The second kappa shape index (κ2) is 5.87. The average Bonchev–Trinajstić information content (AvgIpc) is 3.13. The van der Waals surface area contributed by atoms with Gasteiger partial charge in [0.05, 0.1) is 17.0 Å². The van der Waals surface area contributed by atoms with Crippen LogP contribution in [-0.4, -0.2) is 21.7 Å². The summed E-state index contributed by atoms with van der Waals surface area (Å²) < 4.78 is 0. The van der Waals surface area contributed by atoms with E-state index in [-0.39, 0.29) is 18.1 Å². The molecule has 0 aliphatic heterocycles. The second-order valence-electron chi connectivity index (χ2n) is 6.11. The van der Waals surface area contributed by atoms with Crippen LogP contribution in [0.15, 0.2) is 24.4 Å². The molecule has 0 radical (unpaired) electrons. The molecule has 6 heteroatoms. The van der Waals surface area contributed by atoms with Gasteiger partial charge in [0.25, 0.3) is 0 Å². The Hall–Kier alpha value is -2.47. The molecule has 1 aliphatic carbocycles. The summed E-state index contributed by atoms with van der Waals surface area (Å²) in [4.78, 5) is 32.6. The number of nitrogens with zero attached hydrogens (tertiary/aromatic N) is 1. The number of aromatic nitrogens is 2. The molecule has 1 aliphatic rings. The molecule has 0 bridgehead atoms. The molecule has 0 atom stereocenters. The summed E-state index contributed by atoms with van der Waals surface area (Å²) in [6.07, 6.45) is 4.40. The minimum atomic E-state index is -0.113. The van der Waals surface area contributed by atoms with Gasteiger partial charge >= 0.3 is 0 Å². The predicted octanol–water partition coefficient (Wildman–Crippen LogP) is 3.63. The number of benzene rings is 1. The average molecular weight is 339 g/mol. The first-order valence-electron chi connectivity index (χ1n) is 8.00. The van der Waals surface area contributed by atoms with Crippen molar-refractivity contribution < 1.29 is 9.59 Å². The van der Waals surface area contributed by atoms with Crippen LogP contribution < -0.4 is 5.32 Å². The Kier molecular flexibility index (Phi) is 3.69. The number of thiazole rings is 1. The first kappa shape index (κ1) is 15.1. The van der Waals surface area contributed by atoms with Gasteiger partial charge in [0.2, 0.25) is 5.91 Å². The number of amides is 1. The highest BCUT2D eigenvalue weighted by Gasteiger charge is 2.23. The van der Waals surface area contributed by atoms with Gasteiger partial charge in [0.15, 0.2) is 10.9 Å². The highest BCUT2D eigenvalue weighted by molar-refractivity contribution is 7.17. The monoisotopic (exact) mass is 339 g/mol. The molecule has 0 unspecified atom stereocenters. The molecule has 0 saturated carbocycles. The topological polar surface area (TPSA) is 74.8 Å². The Labute approximate surface area is 143 Å². The van der Waals surface area contributed by atoms with Crippen LogP contribution in [-0.2, 0) is 17.6 Å². The predicted molar refractivity (Wildman–Crippen MR) is 94.8 cm³/mol. The Morgan fingerprint density at radius 2 is 2.25 bits per heavy atom. The van der Waals surface area contributed by atoms with E-state index >= 15 is 0 Å². The maximum atomic E-state index is 12.4. The van der Waals surface area contributed by atoms with E-state index < -0.39 is 0 Å². The van der Waals surface area contributed by atoms with Gasteiger partial charge in [-0.15, -0.1) is 0 Å². The third-order valence-corrected chi connectivity index (χ3v) is 5.42. The van der Waals surface area contributed by atoms with Gasteiger partial charge in [-0.1, -0.05) is 23.5 Å².